The molecule has 0 saturated heterocycles. The number of benzene rings is 1. The highest BCUT2D eigenvalue weighted by molar-refractivity contribution is 9.10. The Kier molecular flexibility index (Phi) is 4.93. The van der Waals surface area contributed by atoms with E-state index < -0.39 is 4.92 Å². The highest BCUT2D eigenvalue weighted by atomic mass is 79.9. The molecule has 0 aliphatic carbocycles. The SMILES string of the molecule is COc1ccc(Cn2nc(Br)c([N+](=O)[O-])c2NC(C)(C)C)cc1. The summed E-state index contributed by atoms with van der Waals surface area (Å²) in [7, 11) is 1.61. The second-order valence-electron chi connectivity index (χ2n) is 6.13. The number of hydrogen-bond donors (Lipinski definition) is 1. The molecule has 2 aromatic rings. The zero-order chi connectivity index (χ0) is 17.2. The summed E-state index contributed by atoms with van der Waals surface area (Å²) in [6.45, 7) is 6.23. The third-order valence-electron chi connectivity index (χ3n) is 3.05. The molecule has 1 aromatic carbocycles. The van der Waals surface area contributed by atoms with Gasteiger partial charge in [0.15, 0.2) is 0 Å². The van der Waals surface area contributed by atoms with Gasteiger partial charge in [-0.25, -0.2) is 4.68 Å². The Balaban J connectivity index is 2.40. The molecule has 0 spiro atoms. The number of halogens is 1. The van der Waals surface area contributed by atoms with E-state index in [1.807, 2.05) is 45.0 Å². The number of aromatic nitrogens is 2. The quantitative estimate of drug-likeness (QED) is 0.627. The number of ether oxygens (including phenoxy) is 1. The number of anilines is 1. The van der Waals surface area contributed by atoms with Crippen molar-refractivity contribution in [1.29, 1.82) is 0 Å². The van der Waals surface area contributed by atoms with Gasteiger partial charge in [0, 0.05) is 5.54 Å². The summed E-state index contributed by atoms with van der Waals surface area (Å²) in [6.07, 6.45) is 0. The van der Waals surface area contributed by atoms with Crippen molar-refractivity contribution < 1.29 is 9.66 Å². The largest absolute Gasteiger partial charge is 0.497 e. The van der Waals surface area contributed by atoms with Crippen LogP contribution in [-0.4, -0.2) is 27.4 Å². The highest BCUT2D eigenvalue weighted by Crippen LogP contribution is 2.34. The Bertz CT molecular complexity index is 705. The van der Waals surface area contributed by atoms with Gasteiger partial charge in [0.25, 0.3) is 0 Å². The van der Waals surface area contributed by atoms with E-state index in [-0.39, 0.29) is 15.8 Å². The van der Waals surface area contributed by atoms with Crippen LogP contribution in [-0.2, 0) is 6.54 Å². The normalized spacial score (nSPS) is 11.3. The van der Waals surface area contributed by atoms with Gasteiger partial charge in [0.1, 0.15) is 5.75 Å². The van der Waals surface area contributed by atoms with Gasteiger partial charge >= 0.3 is 5.69 Å². The fourth-order valence-corrected chi connectivity index (χ4v) is 2.61. The molecule has 0 saturated carbocycles. The predicted molar refractivity (Wildman–Crippen MR) is 92.1 cm³/mol. The van der Waals surface area contributed by atoms with Crippen LogP contribution in [0.1, 0.15) is 26.3 Å². The fraction of sp³-hybridized carbons (Fsp3) is 0.400. The van der Waals surface area contributed by atoms with Crippen molar-refractivity contribution in [3.63, 3.8) is 0 Å². The summed E-state index contributed by atoms with van der Waals surface area (Å²) < 4.78 is 6.94. The fourth-order valence-electron chi connectivity index (χ4n) is 2.08. The molecule has 0 aliphatic rings. The third kappa shape index (κ3) is 4.22. The second-order valence-corrected chi connectivity index (χ2v) is 6.88. The van der Waals surface area contributed by atoms with E-state index >= 15 is 0 Å². The average molecular weight is 383 g/mol. The molecule has 1 heterocycles. The van der Waals surface area contributed by atoms with E-state index in [1.54, 1.807) is 11.8 Å². The lowest BCUT2D eigenvalue weighted by atomic mass is 10.1. The molecule has 2 rings (SSSR count). The molecule has 8 heteroatoms. The molecule has 0 fully saturated rings. The zero-order valence-electron chi connectivity index (χ0n) is 13.5. The van der Waals surface area contributed by atoms with Crippen molar-refractivity contribution in [3.8, 4) is 5.75 Å². The van der Waals surface area contributed by atoms with Gasteiger partial charge in [-0.1, -0.05) is 12.1 Å². The lowest BCUT2D eigenvalue weighted by molar-refractivity contribution is -0.384. The standard InChI is InChI=1S/C15H19BrN4O3/c1-15(2,3)17-14-12(20(21)22)13(16)18-19(14)9-10-5-7-11(23-4)8-6-10/h5-8,17H,9H2,1-4H3. The smallest absolute Gasteiger partial charge is 0.345 e. The van der Waals surface area contributed by atoms with E-state index in [9.17, 15) is 10.1 Å². The van der Waals surface area contributed by atoms with Crippen LogP contribution in [0.15, 0.2) is 28.9 Å². The van der Waals surface area contributed by atoms with Gasteiger partial charge in [0.2, 0.25) is 10.4 Å². The van der Waals surface area contributed by atoms with Crippen LogP contribution in [0.25, 0.3) is 0 Å². The van der Waals surface area contributed by atoms with Crippen LogP contribution < -0.4 is 10.1 Å². The number of methoxy groups -OCH3 is 1. The molecule has 0 unspecified atom stereocenters. The van der Waals surface area contributed by atoms with Crippen LogP contribution in [0.5, 0.6) is 5.75 Å². The van der Waals surface area contributed by atoms with Gasteiger partial charge in [-0.3, -0.25) is 10.1 Å². The summed E-state index contributed by atoms with van der Waals surface area (Å²) in [5.74, 6) is 1.14. The van der Waals surface area contributed by atoms with Crippen molar-refractivity contribution in [3.05, 3.63) is 44.5 Å². The van der Waals surface area contributed by atoms with Gasteiger partial charge in [-0.15, -0.1) is 0 Å². The van der Waals surface area contributed by atoms with Gasteiger partial charge in [0.05, 0.1) is 18.6 Å². The van der Waals surface area contributed by atoms with Crippen LogP contribution in [0.4, 0.5) is 11.5 Å². The van der Waals surface area contributed by atoms with Crippen LogP contribution in [0.3, 0.4) is 0 Å². The molecule has 0 atom stereocenters. The molecule has 1 N–H and O–H groups in total. The lowest BCUT2D eigenvalue weighted by Gasteiger charge is -2.22. The van der Waals surface area contributed by atoms with Crippen molar-refractivity contribution in [2.45, 2.75) is 32.9 Å². The van der Waals surface area contributed by atoms with Gasteiger partial charge < -0.3 is 10.1 Å². The second kappa shape index (κ2) is 6.57. The van der Waals surface area contributed by atoms with Crippen LogP contribution >= 0.6 is 15.9 Å². The van der Waals surface area contributed by atoms with Crippen LogP contribution in [0, 0.1) is 10.1 Å². The number of nitrogens with one attached hydrogen (secondary N) is 1. The van der Waals surface area contributed by atoms with Crippen LogP contribution in [0.2, 0.25) is 0 Å². The summed E-state index contributed by atoms with van der Waals surface area (Å²) in [5, 5.41) is 18.8. The minimum atomic E-state index is -0.435. The number of hydrogen-bond acceptors (Lipinski definition) is 5. The summed E-state index contributed by atoms with van der Waals surface area (Å²) >= 11 is 3.18. The van der Waals surface area contributed by atoms with E-state index in [2.05, 4.69) is 26.3 Å². The first kappa shape index (κ1) is 17.3. The van der Waals surface area contributed by atoms with E-state index in [1.165, 1.54) is 0 Å². The molecule has 0 bridgehead atoms. The monoisotopic (exact) mass is 382 g/mol. The first-order valence-corrected chi connectivity index (χ1v) is 7.82. The van der Waals surface area contributed by atoms with E-state index in [0.717, 1.165) is 11.3 Å². The van der Waals surface area contributed by atoms with Crippen molar-refractivity contribution >= 4 is 27.4 Å². The number of nitro groups is 1. The summed E-state index contributed by atoms with van der Waals surface area (Å²) in [6, 6.07) is 7.50. The molecule has 124 valence electrons. The molecule has 0 aliphatic heterocycles. The molecular weight excluding hydrogens is 364 g/mol. The lowest BCUT2D eigenvalue weighted by Crippen LogP contribution is -2.28. The third-order valence-corrected chi connectivity index (χ3v) is 3.59. The number of rotatable bonds is 5. The van der Waals surface area contributed by atoms with E-state index in [4.69, 9.17) is 4.74 Å². The summed E-state index contributed by atoms with van der Waals surface area (Å²) in [4.78, 5) is 10.9. The van der Waals surface area contributed by atoms with Crippen molar-refractivity contribution in [1.82, 2.24) is 9.78 Å². The molecule has 1 aromatic heterocycles. The topological polar surface area (TPSA) is 82.2 Å². The first-order chi connectivity index (χ1) is 10.7. The molecule has 23 heavy (non-hydrogen) atoms. The molecule has 7 nitrogen and oxygen atoms in total. The highest BCUT2D eigenvalue weighted by Gasteiger charge is 2.29. The molecule has 0 amide bonds. The maximum absolute atomic E-state index is 11.3. The summed E-state index contributed by atoms with van der Waals surface area (Å²) in [5.41, 5.74) is 0.572. The molecule has 0 radical (unpaired) electrons. The van der Waals surface area contributed by atoms with Gasteiger partial charge in [-0.2, -0.15) is 5.10 Å². The Hall–Kier alpha value is -2.09. The minimum Gasteiger partial charge on any atom is -0.497 e. The Morgan fingerprint density at radius 1 is 1.35 bits per heavy atom. The van der Waals surface area contributed by atoms with E-state index in [0.29, 0.717) is 12.4 Å². The predicted octanol–water partition coefficient (Wildman–Crippen LogP) is 3.82. The first-order valence-electron chi connectivity index (χ1n) is 7.03. The Morgan fingerprint density at radius 2 is 1.96 bits per heavy atom. The van der Waals surface area contributed by atoms with Gasteiger partial charge in [-0.05, 0) is 54.4 Å². The molecular formula is C15H19BrN4O3. The van der Waals surface area contributed by atoms with Crippen molar-refractivity contribution in [2.75, 3.05) is 12.4 Å². The minimum absolute atomic E-state index is 0.0616. The maximum atomic E-state index is 11.3. The maximum Gasteiger partial charge on any atom is 0.345 e. The average Bonchev–Trinajstić information content (AvgIpc) is 2.73. The van der Waals surface area contributed by atoms with Crippen molar-refractivity contribution in [2.24, 2.45) is 0 Å². The number of nitrogens with zero attached hydrogens (tertiary/aromatic N) is 3. The Labute approximate surface area is 142 Å². The Morgan fingerprint density at radius 3 is 2.43 bits per heavy atom. The zero-order valence-corrected chi connectivity index (χ0v) is 15.0.